The van der Waals surface area contributed by atoms with E-state index in [1.807, 2.05) is 11.8 Å². The maximum Gasteiger partial charge on any atom is 0.343 e. The van der Waals surface area contributed by atoms with E-state index in [1.165, 1.54) is 6.20 Å². The van der Waals surface area contributed by atoms with Crippen LogP contribution in [0.15, 0.2) is 6.20 Å². The molecule has 0 bridgehead atoms. The molecular formula is C12H16ClN3O2S. The van der Waals surface area contributed by atoms with Crippen LogP contribution in [0.1, 0.15) is 30.1 Å². The van der Waals surface area contributed by atoms with E-state index in [1.54, 1.807) is 6.92 Å². The second kappa shape index (κ2) is 6.96. The predicted octanol–water partition coefficient (Wildman–Crippen LogP) is 2.61. The van der Waals surface area contributed by atoms with Gasteiger partial charge in [-0.25, -0.2) is 9.78 Å². The number of carbonyl (C=O) groups excluding carboxylic acids is 1. The van der Waals surface area contributed by atoms with Crippen molar-refractivity contribution in [1.82, 2.24) is 9.97 Å². The Morgan fingerprint density at radius 1 is 1.58 bits per heavy atom. The summed E-state index contributed by atoms with van der Waals surface area (Å²) in [5.74, 6) is 2.28. The summed E-state index contributed by atoms with van der Waals surface area (Å²) in [5.41, 5.74) is 0.337. The van der Waals surface area contributed by atoms with E-state index in [0.717, 1.165) is 24.3 Å². The van der Waals surface area contributed by atoms with Crippen LogP contribution in [-0.4, -0.2) is 40.1 Å². The van der Waals surface area contributed by atoms with E-state index < -0.39 is 5.97 Å². The molecule has 1 aliphatic rings. The van der Waals surface area contributed by atoms with Crippen LogP contribution in [0.3, 0.4) is 0 Å². The molecule has 2 heterocycles. The Balaban J connectivity index is 2.16. The molecule has 1 aliphatic heterocycles. The fourth-order valence-corrected chi connectivity index (χ4v) is 3.10. The minimum atomic E-state index is -0.424. The summed E-state index contributed by atoms with van der Waals surface area (Å²) >= 11 is 7.74. The van der Waals surface area contributed by atoms with Crippen LogP contribution in [-0.2, 0) is 4.74 Å². The van der Waals surface area contributed by atoms with Gasteiger partial charge in [-0.1, -0.05) is 0 Å². The van der Waals surface area contributed by atoms with Gasteiger partial charge in [0.2, 0.25) is 5.28 Å². The molecule has 0 aromatic carbocycles. The number of esters is 1. The van der Waals surface area contributed by atoms with Crippen molar-refractivity contribution in [2.24, 2.45) is 0 Å². The number of ether oxygens (including phenoxy) is 1. The van der Waals surface area contributed by atoms with E-state index in [9.17, 15) is 4.79 Å². The maximum absolute atomic E-state index is 11.8. The molecule has 0 saturated carbocycles. The average Bonchev–Trinajstić information content (AvgIpc) is 2.40. The number of hydrogen-bond acceptors (Lipinski definition) is 6. The first-order valence-electron chi connectivity index (χ1n) is 6.24. The van der Waals surface area contributed by atoms with Gasteiger partial charge < -0.3 is 10.1 Å². The lowest BCUT2D eigenvalue weighted by atomic mass is 10.1. The molecular weight excluding hydrogens is 286 g/mol. The SMILES string of the molecule is CCOC(=O)c1cnc(Cl)nc1NC1CCSCC1. The van der Waals surface area contributed by atoms with Crippen molar-refractivity contribution in [3.8, 4) is 0 Å². The smallest absolute Gasteiger partial charge is 0.343 e. The topological polar surface area (TPSA) is 64.1 Å². The van der Waals surface area contributed by atoms with Gasteiger partial charge in [-0.3, -0.25) is 0 Å². The van der Waals surface area contributed by atoms with Gasteiger partial charge in [0.25, 0.3) is 0 Å². The van der Waals surface area contributed by atoms with Gasteiger partial charge in [0.05, 0.1) is 6.61 Å². The zero-order valence-corrected chi connectivity index (χ0v) is 12.3. The molecule has 0 spiro atoms. The number of nitrogens with one attached hydrogen (secondary N) is 1. The number of carbonyl (C=O) groups is 1. The lowest BCUT2D eigenvalue weighted by Crippen LogP contribution is -2.26. The number of hydrogen-bond donors (Lipinski definition) is 1. The van der Waals surface area contributed by atoms with Gasteiger partial charge in [0, 0.05) is 12.2 Å². The van der Waals surface area contributed by atoms with Crippen LogP contribution >= 0.6 is 23.4 Å². The number of thioether (sulfide) groups is 1. The molecule has 0 amide bonds. The first kappa shape index (κ1) is 14.4. The molecule has 0 radical (unpaired) electrons. The molecule has 1 fully saturated rings. The van der Waals surface area contributed by atoms with Crippen LogP contribution in [0.5, 0.6) is 0 Å². The van der Waals surface area contributed by atoms with Gasteiger partial charge in [-0.2, -0.15) is 16.7 Å². The number of halogens is 1. The van der Waals surface area contributed by atoms with Crippen molar-refractivity contribution >= 4 is 35.1 Å². The third-order valence-electron chi connectivity index (χ3n) is 2.82. The van der Waals surface area contributed by atoms with E-state index >= 15 is 0 Å². The maximum atomic E-state index is 11.8. The summed E-state index contributed by atoms with van der Waals surface area (Å²) in [6, 6.07) is 0.320. The first-order chi connectivity index (χ1) is 9.20. The van der Waals surface area contributed by atoms with Gasteiger partial charge in [0.15, 0.2) is 0 Å². The van der Waals surface area contributed by atoms with Crippen molar-refractivity contribution in [2.45, 2.75) is 25.8 Å². The molecule has 1 N–H and O–H groups in total. The van der Waals surface area contributed by atoms with Crippen LogP contribution in [0.25, 0.3) is 0 Å². The van der Waals surface area contributed by atoms with Crippen molar-refractivity contribution in [2.75, 3.05) is 23.4 Å². The second-order valence-electron chi connectivity index (χ2n) is 4.15. The third kappa shape index (κ3) is 3.98. The highest BCUT2D eigenvalue weighted by atomic mass is 35.5. The van der Waals surface area contributed by atoms with E-state index in [2.05, 4.69) is 15.3 Å². The highest BCUT2D eigenvalue weighted by Crippen LogP contribution is 2.23. The Bertz CT molecular complexity index is 453. The van der Waals surface area contributed by atoms with Crippen molar-refractivity contribution in [3.05, 3.63) is 17.0 Å². The number of aromatic nitrogens is 2. The van der Waals surface area contributed by atoms with Crippen molar-refractivity contribution in [3.63, 3.8) is 0 Å². The molecule has 5 nitrogen and oxygen atoms in total. The number of anilines is 1. The van der Waals surface area contributed by atoms with E-state index in [-0.39, 0.29) is 5.28 Å². The molecule has 0 aliphatic carbocycles. The minimum Gasteiger partial charge on any atom is -0.462 e. The summed E-state index contributed by atoms with van der Waals surface area (Å²) in [6.07, 6.45) is 3.51. The van der Waals surface area contributed by atoms with Gasteiger partial charge in [0.1, 0.15) is 11.4 Å². The summed E-state index contributed by atoms with van der Waals surface area (Å²) in [7, 11) is 0. The number of rotatable bonds is 4. The summed E-state index contributed by atoms with van der Waals surface area (Å²) in [6.45, 7) is 2.08. The lowest BCUT2D eigenvalue weighted by Gasteiger charge is -2.23. The Morgan fingerprint density at radius 3 is 3.00 bits per heavy atom. The first-order valence-corrected chi connectivity index (χ1v) is 7.78. The second-order valence-corrected chi connectivity index (χ2v) is 5.72. The van der Waals surface area contributed by atoms with Crippen molar-refractivity contribution < 1.29 is 9.53 Å². The molecule has 1 saturated heterocycles. The largest absolute Gasteiger partial charge is 0.462 e. The molecule has 19 heavy (non-hydrogen) atoms. The molecule has 1 aromatic rings. The van der Waals surface area contributed by atoms with Crippen molar-refractivity contribution in [1.29, 1.82) is 0 Å². The van der Waals surface area contributed by atoms with Crippen LogP contribution in [0, 0.1) is 0 Å². The quantitative estimate of drug-likeness (QED) is 0.681. The Kier molecular flexibility index (Phi) is 5.27. The third-order valence-corrected chi connectivity index (χ3v) is 4.05. The Labute approximate surface area is 121 Å². The fourth-order valence-electron chi connectivity index (χ4n) is 1.86. The zero-order valence-electron chi connectivity index (χ0n) is 10.7. The standard InChI is InChI=1S/C12H16ClN3O2S/c1-2-18-11(17)9-7-14-12(13)16-10(9)15-8-3-5-19-6-4-8/h7-8H,2-6H2,1H3,(H,14,15,16). The Morgan fingerprint density at radius 2 is 2.32 bits per heavy atom. The van der Waals surface area contributed by atoms with Gasteiger partial charge >= 0.3 is 5.97 Å². The number of nitrogens with zero attached hydrogens (tertiary/aromatic N) is 2. The molecule has 0 unspecified atom stereocenters. The predicted molar refractivity (Wildman–Crippen MR) is 77.0 cm³/mol. The van der Waals surface area contributed by atoms with Gasteiger partial charge in [-0.15, -0.1) is 0 Å². The minimum absolute atomic E-state index is 0.126. The highest BCUT2D eigenvalue weighted by molar-refractivity contribution is 7.99. The monoisotopic (exact) mass is 301 g/mol. The summed E-state index contributed by atoms with van der Waals surface area (Å²) in [5, 5.41) is 3.41. The highest BCUT2D eigenvalue weighted by Gasteiger charge is 2.20. The average molecular weight is 302 g/mol. The van der Waals surface area contributed by atoms with Crippen LogP contribution in [0.4, 0.5) is 5.82 Å². The normalized spacial score (nSPS) is 16.1. The molecule has 1 aromatic heterocycles. The zero-order chi connectivity index (χ0) is 13.7. The van der Waals surface area contributed by atoms with Crippen LogP contribution in [0.2, 0.25) is 5.28 Å². The lowest BCUT2D eigenvalue weighted by molar-refractivity contribution is 0.0526. The van der Waals surface area contributed by atoms with Gasteiger partial charge in [-0.05, 0) is 42.9 Å². The molecule has 7 heteroatoms. The van der Waals surface area contributed by atoms with E-state index in [0.29, 0.717) is 24.0 Å². The summed E-state index contributed by atoms with van der Waals surface area (Å²) in [4.78, 5) is 19.8. The fraction of sp³-hybridized carbons (Fsp3) is 0.583. The molecule has 0 atom stereocenters. The molecule has 104 valence electrons. The molecule has 2 rings (SSSR count). The van der Waals surface area contributed by atoms with Crippen LogP contribution < -0.4 is 5.32 Å². The Hall–Kier alpha value is -1.01. The van der Waals surface area contributed by atoms with E-state index in [4.69, 9.17) is 16.3 Å². The summed E-state index contributed by atoms with van der Waals surface area (Å²) < 4.78 is 4.99.